The SMILES string of the molecule is CCOc1ccc(CCC(=O)N(C)C(C)C(=O)O)cc1. The van der Waals surface area contributed by atoms with E-state index < -0.39 is 12.0 Å². The largest absolute Gasteiger partial charge is 0.494 e. The van der Waals surface area contributed by atoms with E-state index in [0.29, 0.717) is 19.4 Å². The minimum Gasteiger partial charge on any atom is -0.494 e. The molecule has 0 bridgehead atoms. The van der Waals surface area contributed by atoms with Crippen molar-refractivity contribution in [3.8, 4) is 5.75 Å². The Morgan fingerprint density at radius 3 is 2.40 bits per heavy atom. The van der Waals surface area contributed by atoms with Gasteiger partial charge in [0.15, 0.2) is 0 Å². The molecule has 5 nitrogen and oxygen atoms in total. The fourth-order valence-corrected chi connectivity index (χ4v) is 1.73. The first-order valence-electron chi connectivity index (χ1n) is 6.66. The number of nitrogens with zero attached hydrogens (tertiary/aromatic N) is 1. The Balaban J connectivity index is 2.50. The van der Waals surface area contributed by atoms with Crippen LogP contribution in [0.4, 0.5) is 0 Å². The first-order valence-corrected chi connectivity index (χ1v) is 6.66. The van der Waals surface area contributed by atoms with Gasteiger partial charge in [0, 0.05) is 13.5 Å². The van der Waals surface area contributed by atoms with Crippen molar-refractivity contribution in [2.45, 2.75) is 32.7 Å². The summed E-state index contributed by atoms with van der Waals surface area (Å²) in [6, 6.07) is 6.76. The first kappa shape index (κ1) is 16.0. The minimum absolute atomic E-state index is 0.172. The number of rotatable bonds is 7. The molecule has 0 aliphatic carbocycles. The highest BCUT2D eigenvalue weighted by molar-refractivity contribution is 5.83. The molecular weight excluding hydrogens is 258 g/mol. The number of amides is 1. The van der Waals surface area contributed by atoms with E-state index in [4.69, 9.17) is 9.84 Å². The number of carbonyl (C=O) groups excluding carboxylic acids is 1. The Morgan fingerprint density at radius 1 is 1.30 bits per heavy atom. The van der Waals surface area contributed by atoms with Crippen molar-refractivity contribution in [1.82, 2.24) is 4.90 Å². The monoisotopic (exact) mass is 279 g/mol. The van der Waals surface area contributed by atoms with Gasteiger partial charge in [-0.2, -0.15) is 0 Å². The summed E-state index contributed by atoms with van der Waals surface area (Å²) in [5.41, 5.74) is 1.03. The van der Waals surface area contributed by atoms with Crippen LogP contribution in [-0.2, 0) is 16.0 Å². The number of aryl methyl sites for hydroxylation is 1. The average Bonchev–Trinajstić information content (AvgIpc) is 2.44. The lowest BCUT2D eigenvalue weighted by Crippen LogP contribution is -2.40. The van der Waals surface area contributed by atoms with E-state index in [0.717, 1.165) is 11.3 Å². The molecule has 0 radical (unpaired) electrons. The van der Waals surface area contributed by atoms with Crippen molar-refractivity contribution in [2.24, 2.45) is 0 Å². The Labute approximate surface area is 119 Å². The van der Waals surface area contributed by atoms with E-state index in [-0.39, 0.29) is 5.91 Å². The van der Waals surface area contributed by atoms with Gasteiger partial charge in [-0.05, 0) is 38.0 Å². The predicted molar refractivity (Wildman–Crippen MR) is 75.8 cm³/mol. The molecule has 0 fully saturated rings. The van der Waals surface area contributed by atoms with Crippen LogP contribution in [0.1, 0.15) is 25.8 Å². The van der Waals surface area contributed by atoms with Gasteiger partial charge >= 0.3 is 5.97 Å². The number of ether oxygens (including phenoxy) is 1. The molecule has 5 heteroatoms. The maximum Gasteiger partial charge on any atom is 0.326 e. The lowest BCUT2D eigenvalue weighted by atomic mass is 10.1. The van der Waals surface area contributed by atoms with Crippen molar-refractivity contribution < 1.29 is 19.4 Å². The second kappa shape index (κ2) is 7.53. The number of carbonyl (C=O) groups is 2. The molecule has 1 rings (SSSR count). The highest BCUT2D eigenvalue weighted by atomic mass is 16.5. The maximum atomic E-state index is 11.9. The lowest BCUT2D eigenvalue weighted by Gasteiger charge is -2.21. The zero-order valence-corrected chi connectivity index (χ0v) is 12.1. The fourth-order valence-electron chi connectivity index (χ4n) is 1.73. The van der Waals surface area contributed by atoms with E-state index in [1.807, 2.05) is 31.2 Å². The highest BCUT2D eigenvalue weighted by Gasteiger charge is 2.21. The number of hydrogen-bond donors (Lipinski definition) is 1. The van der Waals surface area contributed by atoms with Crippen LogP contribution in [0.3, 0.4) is 0 Å². The molecule has 1 aromatic rings. The summed E-state index contributed by atoms with van der Waals surface area (Å²) in [4.78, 5) is 23.9. The van der Waals surface area contributed by atoms with Crippen molar-refractivity contribution >= 4 is 11.9 Å². The van der Waals surface area contributed by atoms with Crippen LogP contribution in [-0.4, -0.2) is 41.6 Å². The zero-order chi connectivity index (χ0) is 15.1. The highest BCUT2D eigenvalue weighted by Crippen LogP contribution is 2.14. The second-order valence-electron chi connectivity index (χ2n) is 4.60. The number of hydrogen-bond acceptors (Lipinski definition) is 3. The topological polar surface area (TPSA) is 66.8 Å². The van der Waals surface area contributed by atoms with E-state index in [1.165, 1.54) is 18.9 Å². The Bertz CT molecular complexity index is 455. The summed E-state index contributed by atoms with van der Waals surface area (Å²) in [6.45, 7) is 4.04. The molecule has 0 heterocycles. The zero-order valence-electron chi connectivity index (χ0n) is 12.1. The lowest BCUT2D eigenvalue weighted by molar-refractivity contribution is -0.148. The molecule has 20 heavy (non-hydrogen) atoms. The Hall–Kier alpha value is -2.04. The molecule has 0 aliphatic heterocycles. The van der Waals surface area contributed by atoms with Crippen LogP contribution >= 0.6 is 0 Å². The van der Waals surface area contributed by atoms with Crippen molar-refractivity contribution in [1.29, 1.82) is 0 Å². The maximum absolute atomic E-state index is 11.9. The molecule has 1 amide bonds. The van der Waals surface area contributed by atoms with Crippen LogP contribution in [0.5, 0.6) is 5.75 Å². The molecule has 1 atom stereocenters. The van der Waals surface area contributed by atoms with Gasteiger partial charge in [0.05, 0.1) is 6.61 Å². The molecule has 0 saturated heterocycles. The van der Waals surface area contributed by atoms with Crippen LogP contribution in [0, 0.1) is 0 Å². The number of likely N-dealkylation sites (N-methyl/N-ethyl adjacent to an activating group) is 1. The summed E-state index contributed by atoms with van der Waals surface area (Å²) >= 11 is 0. The van der Waals surface area contributed by atoms with Crippen molar-refractivity contribution in [3.63, 3.8) is 0 Å². The first-order chi connectivity index (χ1) is 9.45. The van der Waals surface area contributed by atoms with Gasteiger partial charge in [-0.1, -0.05) is 12.1 Å². The minimum atomic E-state index is -0.998. The molecule has 0 aliphatic rings. The van der Waals surface area contributed by atoms with Gasteiger partial charge in [-0.15, -0.1) is 0 Å². The number of carboxylic acids is 1. The quantitative estimate of drug-likeness (QED) is 0.828. The third kappa shape index (κ3) is 4.57. The van der Waals surface area contributed by atoms with Gasteiger partial charge in [0.25, 0.3) is 0 Å². The van der Waals surface area contributed by atoms with Gasteiger partial charge in [0.1, 0.15) is 11.8 Å². The van der Waals surface area contributed by atoms with Crippen LogP contribution in [0.2, 0.25) is 0 Å². The molecular formula is C15H21NO4. The summed E-state index contributed by atoms with van der Waals surface area (Å²) in [7, 11) is 1.51. The smallest absolute Gasteiger partial charge is 0.326 e. The van der Waals surface area contributed by atoms with Crippen LogP contribution in [0.25, 0.3) is 0 Å². The molecule has 1 N–H and O–H groups in total. The molecule has 110 valence electrons. The van der Waals surface area contributed by atoms with Gasteiger partial charge < -0.3 is 14.7 Å². The third-order valence-electron chi connectivity index (χ3n) is 3.19. The molecule has 1 aromatic carbocycles. The molecule has 0 saturated carbocycles. The van der Waals surface area contributed by atoms with Crippen LogP contribution in [0.15, 0.2) is 24.3 Å². The summed E-state index contributed by atoms with van der Waals surface area (Å²) in [5.74, 6) is -0.366. The summed E-state index contributed by atoms with van der Waals surface area (Å²) in [5, 5.41) is 8.86. The second-order valence-corrected chi connectivity index (χ2v) is 4.60. The van der Waals surface area contributed by atoms with E-state index in [9.17, 15) is 9.59 Å². The van der Waals surface area contributed by atoms with Gasteiger partial charge in [0.2, 0.25) is 5.91 Å². The molecule has 0 aromatic heterocycles. The number of benzene rings is 1. The normalized spacial score (nSPS) is 11.8. The number of aliphatic carboxylic acids is 1. The van der Waals surface area contributed by atoms with Gasteiger partial charge in [-0.3, -0.25) is 4.79 Å². The van der Waals surface area contributed by atoms with Crippen LogP contribution < -0.4 is 4.74 Å². The van der Waals surface area contributed by atoms with Crippen molar-refractivity contribution in [2.75, 3.05) is 13.7 Å². The third-order valence-corrected chi connectivity index (χ3v) is 3.19. The summed E-state index contributed by atoms with van der Waals surface area (Å²) in [6.07, 6.45) is 0.879. The van der Waals surface area contributed by atoms with E-state index >= 15 is 0 Å². The summed E-state index contributed by atoms with van der Waals surface area (Å²) < 4.78 is 5.34. The predicted octanol–water partition coefficient (Wildman–Crippen LogP) is 1.95. The standard InChI is InChI=1S/C15H21NO4/c1-4-20-13-8-5-12(6-9-13)7-10-14(17)16(3)11(2)15(18)19/h5-6,8-9,11H,4,7,10H2,1-3H3,(H,18,19). The molecule has 1 unspecified atom stereocenters. The Kier molecular flexibility index (Phi) is 6.03. The van der Waals surface area contributed by atoms with Crippen molar-refractivity contribution in [3.05, 3.63) is 29.8 Å². The number of carboxylic acid groups (broad SMARTS) is 1. The molecule has 0 spiro atoms. The Morgan fingerprint density at radius 2 is 1.90 bits per heavy atom. The van der Waals surface area contributed by atoms with E-state index in [2.05, 4.69) is 0 Å². The van der Waals surface area contributed by atoms with E-state index in [1.54, 1.807) is 0 Å². The average molecular weight is 279 g/mol. The fraction of sp³-hybridized carbons (Fsp3) is 0.467. The van der Waals surface area contributed by atoms with Gasteiger partial charge in [-0.25, -0.2) is 4.79 Å².